The molecule has 1 fully saturated rings. The molecule has 0 spiro atoms. The monoisotopic (exact) mass is 458 g/mol. The molecular formula is C22H26N4O5S. The highest BCUT2D eigenvalue weighted by Crippen LogP contribution is 2.35. The molecule has 0 saturated carbocycles. The second-order valence-corrected chi connectivity index (χ2v) is 9.86. The Labute approximate surface area is 187 Å². The van der Waals surface area contributed by atoms with E-state index in [1.165, 1.54) is 12.6 Å². The van der Waals surface area contributed by atoms with Crippen LogP contribution in [0.3, 0.4) is 0 Å². The zero-order valence-electron chi connectivity index (χ0n) is 17.9. The molecule has 1 amide bonds. The molecule has 9 nitrogen and oxygen atoms in total. The highest BCUT2D eigenvalue weighted by atomic mass is 32.2. The number of likely N-dealkylation sites (tertiary alicyclic amines) is 1. The van der Waals surface area contributed by atoms with Crippen LogP contribution in [0.2, 0.25) is 0 Å². The van der Waals surface area contributed by atoms with Gasteiger partial charge in [-0.25, -0.2) is 23.2 Å². The summed E-state index contributed by atoms with van der Waals surface area (Å²) in [6, 6.07) is 6.98. The first-order chi connectivity index (χ1) is 15.3. The predicted molar refractivity (Wildman–Crippen MR) is 119 cm³/mol. The van der Waals surface area contributed by atoms with Crippen LogP contribution in [0.15, 0.2) is 48.1 Å². The fourth-order valence-electron chi connectivity index (χ4n) is 3.94. The number of hydrogen-bond donors (Lipinski definition) is 0. The zero-order chi connectivity index (χ0) is 22.7. The lowest BCUT2D eigenvalue weighted by atomic mass is 10.1. The summed E-state index contributed by atoms with van der Waals surface area (Å²) in [6.45, 7) is 5.56. The normalized spacial score (nSPS) is 16.5. The third kappa shape index (κ3) is 4.85. The Bertz CT molecular complexity index is 1110. The first kappa shape index (κ1) is 22.1. The summed E-state index contributed by atoms with van der Waals surface area (Å²) in [5.41, 5.74) is 1.91. The molecule has 32 heavy (non-hydrogen) atoms. The zero-order valence-corrected chi connectivity index (χ0v) is 18.8. The van der Waals surface area contributed by atoms with Crippen LogP contribution in [0.4, 0.5) is 16.3 Å². The first-order valence-electron chi connectivity index (χ1n) is 10.5. The van der Waals surface area contributed by atoms with Gasteiger partial charge in [-0.1, -0.05) is 12.7 Å². The second kappa shape index (κ2) is 9.15. The first-order valence-corrected chi connectivity index (χ1v) is 12.4. The van der Waals surface area contributed by atoms with Crippen molar-refractivity contribution in [3.8, 4) is 5.88 Å². The Balaban J connectivity index is 1.40. The van der Waals surface area contributed by atoms with Gasteiger partial charge in [0, 0.05) is 50.5 Å². The number of hydrogen-bond acceptors (Lipinski definition) is 8. The molecule has 0 atom stereocenters. The Kier molecular flexibility index (Phi) is 6.31. The molecule has 0 radical (unpaired) electrons. The summed E-state index contributed by atoms with van der Waals surface area (Å²) < 4.78 is 34.8. The smallest absolute Gasteiger partial charge is 0.410 e. The van der Waals surface area contributed by atoms with Crippen LogP contribution in [0.25, 0.3) is 0 Å². The number of nitrogens with zero attached hydrogens (tertiary/aromatic N) is 4. The number of carbonyl (C=O) groups is 1. The molecule has 1 saturated heterocycles. The van der Waals surface area contributed by atoms with Crippen molar-refractivity contribution >= 4 is 27.4 Å². The van der Waals surface area contributed by atoms with Gasteiger partial charge in [-0.2, -0.15) is 0 Å². The average molecular weight is 459 g/mol. The van der Waals surface area contributed by atoms with Crippen LogP contribution < -0.4 is 9.64 Å². The maximum absolute atomic E-state index is 11.9. The summed E-state index contributed by atoms with van der Waals surface area (Å²) in [6.07, 6.45) is 5.94. The van der Waals surface area contributed by atoms with Crippen LogP contribution in [0, 0.1) is 0 Å². The minimum absolute atomic E-state index is 0.0515. The third-order valence-corrected chi connectivity index (χ3v) is 6.70. The van der Waals surface area contributed by atoms with E-state index in [9.17, 15) is 13.2 Å². The quantitative estimate of drug-likeness (QED) is 0.609. The maximum Gasteiger partial charge on any atom is 0.410 e. The molecule has 2 aromatic rings. The number of rotatable bonds is 6. The fourth-order valence-corrected chi connectivity index (χ4v) is 4.61. The number of benzene rings is 1. The number of carbonyl (C=O) groups excluding carboxylic acids is 1. The molecular weight excluding hydrogens is 432 g/mol. The van der Waals surface area contributed by atoms with E-state index in [2.05, 4.69) is 16.5 Å². The number of anilines is 2. The van der Waals surface area contributed by atoms with Gasteiger partial charge >= 0.3 is 6.09 Å². The molecule has 1 aromatic carbocycles. The number of fused-ring (bicyclic) bond motifs is 1. The summed E-state index contributed by atoms with van der Waals surface area (Å²) >= 11 is 0. The third-order valence-electron chi connectivity index (χ3n) is 5.59. The molecule has 1 aromatic heterocycles. The summed E-state index contributed by atoms with van der Waals surface area (Å²) in [4.78, 5) is 24.6. The van der Waals surface area contributed by atoms with E-state index in [1.807, 2.05) is 11.0 Å². The molecule has 2 aliphatic heterocycles. The van der Waals surface area contributed by atoms with Crippen molar-refractivity contribution in [2.75, 3.05) is 37.4 Å². The van der Waals surface area contributed by atoms with E-state index < -0.39 is 9.84 Å². The SMILES string of the molecule is C=CCOC(=O)N1CCC(Oc2cc(N3CCc4cc(S(C)(=O)=O)ccc43)ncn2)CC1. The molecule has 0 N–H and O–H groups in total. The largest absolute Gasteiger partial charge is 0.474 e. The van der Waals surface area contributed by atoms with Gasteiger partial charge in [0.25, 0.3) is 0 Å². The summed E-state index contributed by atoms with van der Waals surface area (Å²) in [7, 11) is -3.24. The van der Waals surface area contributed by atoms with Gasteiger partial charge in [0.2, 0.25) is 5.88 Å². The average Bonchev–Trinajstić information content (AvgIpc) is 3.21. The lowest BCUT2D eigenvalue weighted by Gasteiger charge is -2.31. The molecule has 0 bridgehead atoms. The molecule has 10 heteroatoms. The lowest BCUT2D eigenvalue weighted by Crippen LogP contribution is -2.42. The van der Waals surface area contributed by atoms with Gasteiger partial charge in [-0.05, 0) is 30.2 Å². The van der Waals surface area contributed by atoms with Crippen LogP contribution in [-0.4, -0.2) is 68.0 Å². The van der Waals surface area contributed by atoms with Crippen LogP contribution in [0.1, 0.15) is 18.4 Å². The van der Waals surface area contributed by atoms with Crippen molar-refractivity contribution in [2.45, 2.75) is 30.3 Å². The minimum Gasteiger partial charge on any atom is -0.474 e. The highest BCUT2D eigenvalue weighted by Gasteiger charge is 2.26. The van der Waals surface area contributed by atoms with Crippen molar-refractivity contribution in [2.24, 2.45) is 0 Å². The lowest BCUT2D eigenvalue weighted by molar-refractivity contribution is 0.0715. The predicted octanol–water partition coefficient (Wildman–Crippen LogP) is 2.74. The van der Waals surface area contributed by atoms with Gasteiger partial charge in [0.15, 0.2) is 9.84 Å². The Morgan fingerprint density at radius 3 is 2.72 bits per heavy atom. The van der Waals surface area contributed by atoms with Crippen molar-refractivity contribution < 1.29 is 22.7 Å². The van der Waals surface area contributed by atoms with E-state index in [1.54, 1.807) is 29.2 Å². The van der Waals surface area contributed by atoms with Crippen molar-refractivity contribution in [3.63, 3.8) is 0 Å². The maximum atomic E-state index is 11.9. The number of aromatic nitrogens is 2. The number of piperidine rings is 1. The van der Waals surface area contributed by atoms with Crippen molar-refractivity contribution in [1.82, 2.24) is 14.9 Å². The molecule has 170 valence electrons. The standard InChI is InChI=1S/C22H26N4O5S/c1-3-12-30-22(27)25-9-7-17(8-10-25)31-21-14-20(23-15-24-21)26-11-6-16-13-18(32(2,28)29)4-5-19(16)26/h3-5,13-15,17H,1,6-12H2,2H3. The van der Waals surface area contributed by atoms with E-state index in [0.717, 1.165) is 17.7 Å². The summed E-state index contributed by atoms with van der Waals surface area (Å²) in [5, 5.41) is 0. The van der Waals surface area contributed by atoms with Gasteiger partial charge in [0.05, 0.1) is 4.90 Å². The molecule has 2 aliphatic rings. The highest BCUT2D eigenvalue weighted by molar-refractivity contribution is 7.90. The van der Waals surface area contributed by atoms with Gasteiger partial charge in [0.1, 0.15) is 24.9 Å². The van der Waals surface area contributed by atoms with E-state index in [4.69, 9.17) is 9.47 Å². The Morgan fingerprint density at radius 2 is 2.00 bits per heavy atom. The van der Waals surface area contributed by atoms with Crippen LogP contribution in [0.5, 0.6) is 5.88 Å². The minimum atomic E-state index is -3.24. The van der Waals surface area contributed by atoms with Gasteiger partial charge < -0.3 is 19.3 Å². The molecule has 0 aliphatic carbocycles. The number of ether oxygens (including phenoxy) is 2. The van der Waals surface area contributed by atoms with E-state index in [0.29, 0.717) is 49.1 Å². The Hall–Kier alpha value is -3.14. The second-order valence-electron chi connectivity index (χ2n) is 7.85. The van der Waals surface area contributed by atoms with Crippen LogP contribution in [-0.2, 0) is 21.0 Å². The number of amides is 1. The van der Waals surface area contributed by atoms with Gasteiger partial charge in [-0.3, -0.25) is 0 Å². The molecule has 0 unspecified atom stereocenters. The van der Waals surface area contributed by atoms with Crippen molar-refractivity contribution in [3.05, 3.63) is 48.8 Å². The van der Waals surface area contributed by atoms with Crippen molar-refractivity contribution in [1.29, 1.82) is 0 Å². The number of sulfone groups is 1. The topological polar surface area (TPSA) is 102 Å². The summed E-state index contributed by atoms with van der Waals surface area (Å²) in [5.74, 6) is 1.18. The fraction of sp³-hybridized carbons (Fsp3) is 0.409. The molecule has 4 rings (SSSR count). The van der Waals surface area contributed by atoms with E-state index in [-0.39, 0.29) is 18.8 Å². The van der Waals surface area contributed by atoms with Crippen LogP contribution >= 0.6 is 0 Å². The molecule has 3 heterocycles. The van der Waals surface area contributed by atoms with Gasteiger partial charge in [-0.15, -0.1) is 0 Å². The Morgan fingerprint density at radius 1 is 1.22 bits per heavy atom. The van der Waals surface area contributed by atoms with E-state index >= 15 is 0 Å².